The number of morpholine rings is 1. The van der Waals surface area contributed by atoms with Gasteiger partial charge in [-0.15, -0.1) is 0 Å². The lowest BCUT2D eigenvalue weighted by Crippen LogP contribution is -2.49. The summed E-state index contributed by atoms with van der Waals surface area (Å²) in [6.45, 7) is 4.96. The fourth-order valence-corrected chi connectivity index (χ4v) is 5.93. The van der Waals surface area contributed by atoms with Crippen molar-refractivity contribution in [3.05, 3.63) is 16.4 Å². The second kappa shape index (κ2) is 7.66. The molecule has 2 aliphatic carbocycles. The predicted octanol–water partition coefficient (Wildman–Crippen LogP) is 5.32. The molecule has 5 nitrogen and oxygen atoms in total. The average Bonchev–Trinajstić information content (AvgIpc) is 3.28. The highest BCUT2D eigenvalue weighted by atomic mass is 35.5. The van der Waals surface area contributed by atoms with Crippen molar-refractivity contribution in [1.82, 2.24) is 14.5 Å². The smallest absolute Gasteiger partial charge is 0.207 e. The van der Waals surface area contributed by atoms with Crippen LogP contribution in [0.25, 0.3) is 11.0 Å². The molecule has 2 saturated carbocycles. The molecule has 0 bridgehead atoms. The van der Waals surface area contributed by atoms with Crippen LogP contribution in [-0.2, 0) is 11.3 Å². The Kier molecular flexibility index (Phi) is 5.18. The van der Waals surface area contributed by atoms with E-state index < -0.39 is 0 Å². The molecule has 2 aromatic rings. The molecule has 152 valence electrons. The summed E-state index contributed by atoms with van der Waals surface area (Å²) in [7, 11) is 0. The number of hydrogen-bond donors (Lipinski definition) is 0. The van der Waals surface area contributed by atoms with Crippen LogP contribution in [0.15, 0.2) is 6.07 Å². The molecule has 1 saturated heterocycles. The van der Waals surface area contributed by atoms with E-state index in [-0.39, 0.29) is 0 Å². The van der Waals surface area contributed by atoms with Crippen molar-refractivity contribution >= 4 is 40.2 Å². The summed E-state index contributed by atoms with van der Waals surface area (Å²) in [5.41, 5.74) is 1.78. The molecule has 0 amide bonds. The van der Waals surface area contributed by atoms with Gasteiger partial charge >= 0.3 is 0 Å². The first kappa shape index (κ1) is 19.0. The third-order valence-corrected chi connectivity index (χ3v) is 7.40. The predicted molar refractivity (Wildman–Crippen MR) is 113 cm³/mol. The van der Waals surface area contributed by atoms with Crippen LogP contribution < -0.4 is 4.90 Å². The molecular formula is C21H28Cl2N4O. The molecule has 7 heteroatoms. The van der Waals surface area contributed by atoms with Crippen molar-refractivity contribution < 1.29 is 4.74 Å². The van der Waals surface area contributed by atoms with Gasteiger partial charge in [-0.25, -0.2) is 9.97 Å². The highest BCUT2D eigenvalue weighted by molar-refractivity contribution is 6.36. The number of imidazole rings is 1. The van der Waals surface area contributed by atoms with Crippen molar-refractivity contribution in [2.45, 2.75) is 70.6 Å². The van der Waals surface area contributed by atoms with Gasteiger partial charge in [0.25, 0.3) is 0 Å². The van der Waals surface area contributed by atoms with E-state index in [0.717, 1.165) is 49.0 Å². The Bertz CT molecular complexity index is 862. The van der Waals surface area contributed by atoms with E-state index in [9.17, 15) is 0 Å². The zero-order valence-electron chi connectivity index (χ0n) is 16.4. The topological polar surface area (TPSA) is 43.2 Å². The van der Waals surface area contributed by atoms with Crippen LogP contribution in [0.1, 0.15) is 51.9 Å². The fourth-order valence-electron chi connectivity index (χ4n) is 5.40. The summed E-state index contributed by atoms with van der Waals surface area (Å²) in [6, 6.07) is 2.26. The molecule has 28 heavy (non-hydrogen) atoms. The third-order valence-electron chi connectivity index (χ3n) is 6.95. The Morgan fingerprint density at radius 3 is 2.75 bits per heavy atom. The number of anilines is 1. The molecule has 5 rings (SSSR count). The van der Waals surface area contributed by atoms with Gasteiger partial charge in [-0.05, 0) is 43.9 Å². The molecule has 0 spiro atoms. The molecule has 2 aromatic heterocycles. The lowest BCUT2D eigenvalue weighted by atomic mass is 9.83. The van der Waals surface area contributed by atoms with Crippen molar-refractivity contribution in [1.29, 1.82) is 0 Å². The van der Waals surface area contributed by atoms with Crippen LogP contribution in [0, 0.1) is 11.8 Å². The number of halogens is 2. The van der Waals surface area contributed by atoms with E-state index in [4.69, 9.17) is 32.9 Å². The molecule has 2 atom stereocenters. The highest BCUT2D eigenvalue weighted by Crippen LogP contribution is 2.38. The Morgan fingerprint density at radius 2 is 1.93 bits per heavy atom. The Labute approximate surface area is 176 Å². The normalized spacial score (nSPS) is 30.8. The summed E-state index contributed by atoms with van der Waals surface area (Å²) < 4.78 is 8.37. The lowest BCUT2D eigenvalue weighted by Gasteiger charge is -2.39. The van der Waals surface area contributed by atoms with E-state index in [1.165, 1.54) is 38.5 Å². The van der Waals surface area contributed by atoms with E-state index >= 15 is 0 Å². The largest absolute Gasteiger partial charge is 0.374 e. The lowest BCUT2D eigenvalue weighted by molar-refractivity contribution is 0.0247. The van der Waals surface area contributed by atoms with Crippen LogP contribution in [0.5, 0.6) is 0 Å². The quantitative estimate of drug-likeness (QED) is 0.627. The second-order valence-electron chi connectivity index (χ2n) is 8.85. The van der Waals surface area contributed by atoms with Crippen LogP contribution in [0.2, 0.25) is 10.3 Å². The average molecular weight is 423 g/mol. The third kappa shape index (κ3) is 3.40. The summed E-state index contributed by atoms with van der Waals surface area (Å²) in [4.78, 5) is 11.8. The van der Waals surface area contributed by atoms with Gasteiger partial charge in [-0.3, -0.25) is 0 Å². The zero-order chi connectivity index (χ0) is 19.3. The molecule has 1 aliphatic heterocycles. The van der Waals surface area contributed by atoms with Crippen LogP contribution in [0.4, 0.5) is 5.95 Å². The van der Waals surface area contributed by atoms with Gasteiger partial charge in [-0.1, -0.05) is 43.0 Å². The number of hydrogen-bond acceptors (Lipinski definition) is 4. The number of ether oxygens (including phenoxy) is 1. The molecule has 0 radical (unpaired) electrons. The maximum Gasteiger partial charge on any atom is 0.207 e. The van der Waals surface area contributed by atoms with Crippen LogP contribution in [-0.4, -0.2) is 39.8 Å². The van der Waals surface area contributed by atoms with Crippen molar-refractivity contribution in [2.24, 2.45) is 11.8 Å². The Balaban J connectivity index is 1.56. The highest BCUT2D eigenvalue weighted by Gasteiger charge is 2.38. The van der Waals surface area contributed by atoms with E-state index in [1.807, 2.05) is 6.07 Å². The SMILES string of the molecule is C[C@H]1CC[C@H](Cn2c(N3CCO[C@@H]4CCC[C@H]43)nc3cc(Cl)nc(Cl)c32)CC1. The zero-order valence-corrected chi connectivity index (χ0v) is 17.9. The minimum Gasteiger partial charge on any atom is -0.374 e. The Hall–Kier alpha value is -1.04. The van der Waals surface area contributed by atoms with Crippen molar-refractivity contribution in [3.63, 3.8) is 0 Å². The van der Waals surface area contributed by atoms with Gasteiger partial charge < -0.3 is 14.2 Å². The van der Waals surface area contributed by atoms with Gasteiger partial charge in [0.1, 0.15) is 10.7 Å². The van der Waals surface area contributed by atoms with E-state index in [0.29, 0.717) is 28.4 Å². The summed E-state index contributed by atoms with van der Waals surface area (Å²) >= 11 is 12.8. The van der Waals surface area contributed by atoms with Crippen molar-refractivity contribution in [2.75, 3.05) is 18.1 Å². The number of rotatable bonds is 3. The first-order chi connectivity index (χ1) is 13.6. The molecular weight excluding hydrogens is 395 g/mol. The summed E-state index contributed by atoms with van der Waals surface area (Å²) in [5, 5.41) is 0.863. The fraction of sp³-hybridized carbons (Fsp3) is 0.714. The first-order valence-electron chi connectivity index (χ1n) is 10.7. The van der Waals surface area contributed by atoms with Gasteiger partial charge in [0.15, 0.2) is 5.15 Å². The van der Waals surface area contributed by atoms with E-state index in [2.05, 4.69) is 21.4 Å². The molecule has 3 fully saturated rings. The number of fused-ring (bicyclic) bond motifs is 2. The summed E-state index contributed by atoms with van der Waals surface area (Å²) in [5.74, 6) is 2.54. The van der Waals surface area contributed by atoms with Crippen LogP contribution in [0.3, 0.4) is 0 Å². The maximum absolute atomic E-state index is 6.57. The molecule has 0 aromatic carbocycles. The number of nitrogens with zero attached hydrogens (tertiary/aromatic N) is 4. The molecule has 3 heterocycles. The number of aromatic nitrogens is 3. The maximum atomic E-state index is 6.57. The minimum atomic E-state index is 0.328. The van der Waals surface area contributed by atoms with Gasteiger partial charge in [-0.2, -0.15) is 0 Å². The van der Waals surface area contributed by atoms with Gasteiger partial charge in [0, 0.05) is 19.2 Å². The number of pyridine rings is 1. The standard InChI is InChI=1S/C21H28Cl2N4O/c1-13-5-7-14(8-6-13)12-27-19-15(11-18(22)25-20(19)23)24-21(27)26-9-10-28-17-4-2-3-16(17)26/h11,13-14,16-17H,2-10,12H2,1H3/t13-,14-,16-,17-/m1/s1. The summed E-state index contributed by atoms with van der Waals surface area (Å²) in [6.07, 6.45) is 9.04. The van der Waals surface area contributed by atoms with Gasteiger partial charge in [0.05, 0.1) is 24.3 Å². The first-order valence-corrected chi connectivity index (χ1v) is 11.5. The van der Waals surface area contributed by atoms with E-state index in [1.54, 1.807) is 0 Å². The Morgan fingerprint density at radius 1 is 1.11 bits per heavy atom. The molecule has 0 unspecified atom stereocenters. The van der Waals surface area contributed by atoms with Crippen LogP contribution >= 0.6 is 23.2 Å². The monoisotopic (exact) mass is 422 g/mol. The van der Waals surface area contributed by atoms with Crippen molar-refractivity contribution in [3.8, 4) is 0 Å². The minimum absolute atomic E-state index is 0.328. The second-order valence-corrected chi connectivity index (χ2v) is 9.60. The van der Waals surface area contributed by atoms with Gasteiger partial charge in [0.2, 0.25) is 5.95 Å². The molecule has 3 aliphatic rings. The molecule has 0 N–H and O–H groups in total.